The highest BCUT2D eigenvalue weighted by Gasteiger charge is 2.36. The lowest BCUT2D eigenvalue weighted by molar-refractivity contribution is 0.209. The highest BCUT2D eigenvalue weighted by molar-refractivity contribution is 6.32. The van der Waals surface area contributed by atoms with E-state index in [0.29, 0.717) is 31.4 Å². The van der Waals surface area contributed by atoms with Crippen LogP contribution in [0.25, 0.3) is 0 Å². The molecule has 2 rings (SSSR count). The molecule has 5 nitrogen and oxygen atoms in total. The molecule has 72 valence electrons. The Balaban J connectivity index is 1.89. The zero-order valence-electron chi connectivity index (χ0n) is 6.98. The summed E-state index contributed by atoms with van der Waals surface area (Å²) in [6.07, 6.45) is 1.36. The molecule has 0 amide bonds. The first-order valence-electron chi connectivity index (χ1n) is 4.14. The van der Waals surface area contributed by atoms with Crippen molar-refractivity contribution < 1.29 is 9.94 Å². The van der Waals surface area contributed by atoms with Gasteiger partial charge in [0.05, 0.1) is 5.38 Å². The van der Waals surface area contributed by atoms with E-state index >= 15 is 0 Å². The third-order valence-corrected chi connectivity index (χ3v) is 2.25. The van der Waals surface area contributed by atoms with Gasteiger partial charge in [0.1, 0.15) is 5.84 Å². The second kappa shape index (κ2) is 3.51. The smallest absolute Gasteiger partial charge is 0.356 e. The number of aliphatic imine (C=N–C) groups is 2. The van der Waals surface area contributed by atoms with Crippen LogP contribution in [0.15, 0.2) is 9.98 Å². The number of nitrogens with zero attached hydrogens (tertiary/aromatic N) is 3. The van der Waals surface area contributed by atoms with Crippen LogP contribution in [0, 0.1) is 0 Å². The molecule has 2 aliphatic heterocycles. The fraction of sp³-hybridized carbons (Fsp3) is 0.714. The van der Waals surface area contributed by atoms with Gasteiger partial charge in [-0.2, -0.15) is 4.99 Å². The Bertz CT molecular complexity index is 266. The Hall–Kier alpha value is -0.810. The Morgan fingerprint density at radius 2 is 2.54 bits per heavy atom. The SMILES string of the molecule is OCCCC(Cl)C1=NCN2OC2=N1. The van der Waals surface area contributed by atoms with E-state index in [1.165, 1.54) is 0 Å². The molecule has 1 N–H and O–H groups in total. The van der Waals surface area contributed by atoms with Crippen LogP contribution in [0.2, 0.25) is 0 Å². The molecule has 13 heavy (non-hydrogen) atoms. The Kier molecular flexibility index (Phi) is 2.37. The minimum Gasteiger partial charge on any atom is -0.396 e. The summed E-state index contributed by atoms with van der Waals surface area (Å²) in [5.74, 6) is 0.610. The van der Waals surface area contributed by atoms with Crippen molar-refractivity contribution in [1.82, 2.24) is 5.06 Å². The first-order chi connectivity index (χ1) is 6.31. The molecule has 0 radical (unpaired) electrons. The number of alkyl halides is 1. The summed E-state index contributed by atoms with van der Waals surface area (Å²) < 4.78 is 0. The second-order valence-electron chi connectivity index (χ2n) is 2.86. The van der Waals surface area contributed by atoms with Crippen LogP contribution in [0.5, 0.6) is 0 Å². The number of hydrogen-bond acceptors (Lipinski definition) is 5. The lowest BCUT2D eigenvalue weighted by Crippen LogP contribution is -2.18. The monoisotopic (exact) mass is 203 g/mol. The van der Waals surface area contributed by atoms with Crippen molar-refractivity contribution in [3.8, 4) is 0 Å². The van der Waals surface area contributed by atoms with Gasteiger partial charge < -0.3 is 9.94 Å². The van der Waals surface area contributed by atoms with Gasteiger partial charge in [-0.3, -0.25) is 0 Å². The number of fused-ring (bicyclic) bond motifs is 1. The quantitative estimate of drug-likeness (QED) is 0.530. The molecule has 0 spiro atoms. The van der Waals surface area contributed by atoms with Crippen LogP contribution in [0.4, 0.5) is 0 Å². The van der Waals surface area contributed by atoms with Crippen molar-refractivity contribution in [2.24, 2.45) is 9.98 Å². The highest BCUT2D eigenvalue weighted by atomic mass is 35.5. The summed E-state index contributed by atoms with van der Waals surface area (Å²) in [5.41, 5.74) is 0. The molecule has 1 atom stereocenters. The van der Waals surface area contributed by atoms with Crippen LogP contribution in [0.1, 0.15) is 12.8 Å². The number of aliphatic hydroxyl groups excluding tert-OH is 1. The predicted octanol–water partition coefficient (Wildman–Crippen LogP) is 0.339. The number of halogens is 1. The molecule has 0 aromatic heterocycles. The molecule has 1 unspecified atom stereocenters. The van der Waals surface area contributed by atoms with E-state index in [0.717, 1.165) is 0 Å². The molecular weight excluding hydrogens is 194 g/mol. The van der Waals surface area contributed by atoms with Crippen molar-refractivity contribution in [1.29, 1.82) is 0 Å². The molecule has 1 fully saturated rings. The van der Waals surface area contributed by atoms with E-state index in [4.69, 9.17) is 21.5 Å². The van der Waals surface area contributed by atoms with E-state index < -0.39 is 0 Å². The summed E-state index contributed by atoms with van der Waals surface area (Å²) in [7, 11) is 0. The summed E-state index contributed by atoms with van der Waals surface area (Å²) in [6, 6.07) is 0.597. The molecule has 6 heteroatoms. The van der Waals surface area contributed by atoms with Gasteiger partial charge in [-0.25, -0.2) is 4.99 Å². The normalized spacial score (nSPS) is 21.2. The molecule has 0 aromatic carbocycles. The van der Waals surface area contributed by atoms with E-state index in [9.17, 15) is 0 Å². The third kappa shape index (κ3) is 1.92. The Morgan fingerprint density at radius 1 is 1.69 bits per heavy atom. The standard InChI is InChI=1S/C7H10ClN3O2/c8-5(2-1-3-12)6-9-4-11-7(10-6)13-11/h5,12H,1-4H2. The molecule has 0 aromatic rings. The van der Waals surface area contributed by atoms with Crippen LogP contribution >= 0.6 is 11.6 Å². The Morgan fingerprint density at radius 3 is 3.23 bits per heavy atom. The van der Waals surface area contributed by atoms with E-state index in [1.807, 2.05) is 0 Å². The van der Waals surface area contributed by atoms with Crippen molar-refractivity contribution >= 4 is 23.5 Å². The number of aliphatic hydroxyl groups is 1. The van der Waals surface area contributed by atoms with Gasteiger partial charge >= 0.3 is 6.02 Å². The average molecular weight is 204 g/mol. The molecular formula is C7H10ClN3O2. The third-order valence-electron chi connectivity index (χ3n) is 1.84. The van der Waals surface area contributed by atoms with E-state index in [2.05, 4.69) is 9.98 Å². The summed E-state index contributed by atoms with van der Waals surface area (Å²) in [4.78, 5) is 13.1. The van der Waals surface area contributed by atoms with Gasteiger partial charge in [-0.1, -0.05) is 0 Å². The largest absolute Gasteiger partial charge is 0.396 e. The number of hydroxylamine groups is 2. The van der Waals surface area contributed by atoms with Crippen LogP contribution in [-0.2, 0) is 4.84 Å². The Labute approximate surface area is 80.6 Å². The molecule has 0 bridgehead atoms. The van der Waals surface area contributed by atoms with Gasteiger partial charge in [0, 0.05) is 6.61 Å². The van der Waals surface area contributed by atoms with E-state index in [1.54, 1.807) is 5.06 Å². The number of amidine groups is 2. The maximum Gasteiger partial charge on any atom is 0.356 e. The van der Waals surface area contributed by atoms with Crippen molar-refractivity contribution in [2.75, 3.05) is 13.3 Å². The molecule has 2 heterocycles. The molecule has 0 saturated carbocycles. The minimum atomic E-state index is -0.217. The fourth-order valence-electron chi connectivity index (χ4n) is 1.08. The van der Waals surface area contributed by atoms with E-state index in [-0.39, 0.29) is 12.0 Å². The summed E-state index contributed by atoms with van der Waals surface area (Å²) in [6.45, 7) is 0.631. The van der Waals surface area contributed by atoms with Gasteiger partial charge in [0.15, 0.2) is 6.67 Å². The zero-order valence-corrected chi connectivity index (χ0v) is 7.74. The topological polar surface area (TPSA) is 60.5 Å². The fourth-order valence-corrected chi connectivity index (χ4v) is 1.35. The summed E-state index contributed by atoms with van der Waals surface area (Å²) in [5, 5.41) is 9.97. The van der Waals surface area contributed by atoms with Crippen LogP contribution in [-0.4, -0.2) is 40.7 Å². The second-order valence-corrected chi connectivity index (χ2v) is 3.38. The summed E-state index contributed by atoms with van der Waals surface area (Å²) >= 11 is 6.00. The van der Waals surface area contributed by atoms with Gasteiger partial charge in [0.2, 0.25) is 0 Å². The van der Waals surface area contributed by atoms with Crippen molar-refractivity contribution in [2.45, 2.75) is 18.2 Å². The first-order valence-corrected chi connectivity index (χ1v) is 4.58. The van der Waals surface area contributed by atoms with Crippen LogP contribution < -0.4 is 0 Å². The molecule has 1 saturated heterocycles. The highest BCUT2D eigenvalue weighted by Crippen LogP contribution is 2.20. The van der Waals surface area contributed by atoms with Gasteiger partial charge in [-0.05, 0) is 12.8 Å². The lowest BCUT2D eigenvalue weighted by atomic mass is 10.2. The van der Waals surface area contributed by atoms with Gasteiger partial charge in [-0.15, -0.1) is 16.7 Å². The maximum absolute atomic E-state index is 8.61. The predicted molar refractivity (Wildman–Crippen MR) is 48.6 cm³/mol. The number of hydrogen-bond donors (Lipinski definition) is 1. The average Bonchev–Trinajstić information content (AvgIpc) is 2.91. The minimum absolute atomic E-state index is 0.149. The van der Waals surface area contributed by atoms with Crippen LogP contribution in [0.3, 0.4) is 0 Å². The lowest BCUT2D eigenvalue weighted by Gasteiger charge is -2.08. The zero-order chi connectivity index (χ0) is 9.26. The van der Waals surface area contributed by atoms with Crippen molar-refractivity contribution in [3.05, 3.63) is 0 Å². The molecule has 0 aliphatic carbocycles. The van der Waals surface area contributed by atoms with Crippen molar-refractivity contribution in [3.63, 3.8) is 0 Å². The maximum atomic E-state index is 8.61. The molecule has 2 aliphatic rings. The number of rotatable bonds is 4. The van der Waals surface area contributed by atoms with Gasteiger partial charge in [0.25, 0.3) is 0 Å². The first kappa shape index (κ1) is 8.77.